The Morgan fingerprint density at radius 2 is 2.00 bits per heavy atom. The molecule has 1 aromatic rings. The molecular weight excluding hydrogens is 374 g/mol. The summed E-state index contributed by atoms with van der Waals surface area (Å²) in [5, 5.41) is 22.0. The summed E-state index contributed by atoms with van der Waals surface area (Å²) >= 11 is 1.14. The van der Waals surface area contributed by atoms with Gasteiger partial charge in [-0.2, -0.15) is 11.8 Å². The van der Waals surface area contributed by atoms with Crippen molar-refractivity contribution in [2.45, 2.75) is 25.6 Å². The van der Waals surface area contributed by atoms with Crippen LogP contribution in [-0.4, -0.2) is 52.6 Å². The van der Waals surface area contributed by atoms with Crippen molar-refractivity contribution in [3.63, 3.8) is 0 Å². The maximum absolute atomic E-state index is 12.4. The van der Waals surface area contributed by atoms with Crippen LogP contribution in [0.2, 0.25) is 0 Å². The molecule has 1 amide bonds. The first-order chi connectivity index (χ1) is 12.7. The number of nitrogens with one attached hydrogen (secondary N) is 1. The Morgan fingerprint density at radius 1 is 1.33 bits per heavy atom. The number of hydrogen-bond donors (Lipinski definition) is 3. The van der Waals surface area contributed by atoms with Crippen LogP contribution >= 0.6 is 11.8 Å². The molecule has 0 radical (unpaired) electrons. The number of carboxylic acids is 1. The predicted octanol–water partition coefficient (Wildman–Crippen LogP) is 1.55. The summed E-state index contributed by atoms with van der Waals surface area (Å²) in [5.74, 6) is -2.46. The van der Waals surface area contributed by atoms with Crippen LogP contribution in [0, 0.1) is 0 Å². The first kappa shape index (κ1) is 20.5. The molecular formula is C18H19NO7S. The fraction of sp³-hybridized carbons (Fsp3) is 0.333. The van der Waals surface area contributed by atoms with E-state index in [-0.39, 0.29) is 45.3 Å². The number of thioether (sulfide) groups is 1. The average molecular weight is 393 g/mol. The molecule has 144 valence electrons. The van der Waals surface area contributed by atoms with Crippen molar-refractivity contribution in [2.24, 2.45) is 0 Å². The lowest BCUT2D eigenvalue weighted by Gasteiger charge is -2.20. The second kappa shape index (κ2) is 8.26. The van der Waals surface area contributed by atoms with Gasteiger partial charge in [0.1, 0.15) is 17.5 Å². The summed E-state index contributed by atoms with van der Waals surface area (Å²) in [6, 6.07) is 0.308. The van der Waals surface area contributed by atoms with E-state index in [4.69, 9.17) is 9.84 Å². The van der Waals surface area contributed by atoms with Crippen LogP contribution in [0.3, 0.4) is 0 Å². The average Bonchev–Trinajstić information content (AvgIpc) is 2.59. The van der Waals surface area contributed by atoms with Crippen LogP contribution in [0.5, 0.6) is 11.5 Å². The number of rotatable bonds is 7. The van der Waals surface area contributed by atoms with Crippen LogP contribution in [0.1, 0.15) is 40.1 Å². The molecule has 2 rings (SSSR count). The number of methoxy groups -OCH3 is 1. The normalized spacial score (nSPS) is 14.3. The van der Waals surface area contributed by atoms with Crippen LogP contribution in [0.4, 0.5) is 0 Å². The van der Waals surface area contributed by atoms with Gasteiger partial charge in [0, 0.05) is 35.1 Å². The maximum atomic E-state index is 12.4. The van der Waals surface area contributed by atoms with Crippen LogP contribution in [0.25, 0.3) is 0 Å². The number of amides is 1. The largest absolute Gasteiger partial charge is 0.507 e. The second-order valence-electron chi connectivity index (χ2n) is 5.96. The van der Waals surface area contributed by atoms with Gasteiger partial charge in [0.15, 0.2) is 11.6 Å². The Bertz CT molecular complexity index is 860. The standard InChI is InChI=1S/C18H19NO7S/c1-8-4-13(21)10-5-14(26-3)11(17(23)15(10)16(8)22)6-27-7-12(18(24)25)19-9(2)20/h4-5,12,23H,6-7H2,1-3H3,(H,19,20)(H,24,25). The van der Waals surface area contributed by atoms with E-state index in [1.807, 2.05) is 0 Å². The molecule has 0 fully saturated rings. The highest BCUT2D eigenvalue weighted by molar-refractivity contribution is 7.98. The molecule has 9 heteroatoms. The number of phenolic OH excluding ortho intramolecular Hbond substituents is 1. The molecule has 1 aromatic carbocycles. The Morgan fingerprint density at radius 3 is 2.56 bits per heavy atom. The number of aromatic hydroxyl groups is 1. The Labute approximate surface area is 159 Å². The second-order valence-corrected chi connectivity index (χ2v) is 6.99. The molecule has 1 unspecified atom stereocenters. The van der Waals surface area contributed by atoms with Gasteiger partial charge in [-0.1, -0.05) is 0 Å². The Kier molecular flexibility index (Phi) is 6.27. The fourth-order valence-corrected chi connectivity index (χ4v) is 3.73. The molecule has 0 aliphatic heterocycles. The van der Waals surface area contributed by atoms with Crippen molar-refractivity contribution in [3.05, 3.63) is 34.4 Å². The number of carbonyl (C=O) groups is 4. The summed E-state index contributed by atoms with van der Waals surface area (Å²) < 4.78 is 5.23. The third-order valence-corrected chi connectivity index (χ3v) is 5.05. The highest BCUT2D eigenvalue weighted by Gasteiger charge is 2.30. The SMILES string of the molecule is COc1cc2c(c(O)c1CSCC(NC(C)=O)C(=O)O)C(=O)C(C)=CC2=O. The number of carboxylic acid groups (broad SMARTS) is 1. The van der Waals surface area contributed by atoms with E-state index < -0.39 is 29.5 Å². The van der Waals surface area contributed by atoms with Crippen LogP contribution < -0.4 is 10.1 Å². The Balaban J connectivity index is 2.30. The number of benzene rings is 1. The molecule has 0 saturated carbocycles. The van der Waals surface area contributed by atoms with Crippen molar-refractivity contribution < 1.29 is 34.1 Å². The van der Waals surface area contributed by atoms with Crippen molar-refractivity contribution >= 4 is 35.2 Å². The summed E-state index contributed by atoms with van der Waals surface area (Å²) in [6.45, 7) is 2.71. The zero-order chi connectivity index (χ0) is 20.3. The van der Waals surface area contributed by atoms with Crippen molar-refractivity contribution in [3.8, 4) is 11.5 Å². The molecule has 27 heavy (non-hydrogen) atoms. The van der Waals surface area contributed by atoms with E-state index in [0.717, 1.165) is 11.8 Å². The lowest BCUT2D eigenvalue weighted by molar-refractivity contribution is -0.140. The lowest BCUT2D eigenvalue weighted by atomic mass is 9.87. The summed E-state index contributed by atoms with van der Waals surface area (Å²) in [7, 11) is 1.36. The molecule has 0 bridgehead atoms. The first-order valence-electron chi connectivity index (χ1n) is 7.95. The van der Waals surface area contributed by atoms with Gasteiger partial charge in [0.05, 0.1) is 12.7 Å². The van der Waals surface area contributed by atoms with E-state index in [1.54, 1.807) is 0 Å². The molecule has 0 spiro atoms. The van der Waals surface area contributed by atoms with Gasteiger partial charge in [-0.05, 0) is 19.1 Å². The van der Waals surface area contributed by atoms with Crippen molar-refractivity contribution in [1.29, 1.82) is 0 Å². The van der Waals surface area contributed by atoms with Gasteiger partial charge in [0.2, 0.25) is 5.91 Å². The molecule has 1 aliphatic carbocycles. The Hall–Kier alpha value is -2.81. The van der Waals surface area contributed by atoms with Gasteiger partial charge >= 0.3 is 5.97 Å². The van der Waals surface area contributed by atoms with Gasteiger partial charge in [-0.25, -0.2) is 4.79 Å². The minimum Gasteiger partial charge on any atom is -0.507 e. The zero-order valence-electron chi connectivity index (χ0n) is 15.0. The molecule has 0 heterocycles. The van der Waals surface area contributed by atoms with Crippen LogP contribution in [-0.2, 0) is 15.3 Å². The third kappa shape index (κ3) is 4.30. The van der Waals surface area contributed by atoms with E-state index >= 15 is 0 Å². The number of Topliss-reactive ketones (excluding diaryl/α,β-unsaturated/α-hetero) is 1. The minimum absolute atomic E-state index is 0.0421. The summed E-state index contributed by atoms with van der Waals surface area (Å²) in [6.07, 6.45) is 1.21. The third-order valence-electron chi connectivity index (χ3n) is 3.99. The van der Waals surface area contributed by atoms with Gasteiger partial charge in [-0.15, -0.1) is 0 Å². The van der Waals surface area contributed by atoms with Gasteiger partial charge in [-0.3, -0.25) is 14.4 Å². The van der Waals surface area contributed by atoms with Gasteiger partial charge < -0.3 is 20.3 Å². The molecule has 0 aromatic heterocycles. The fourth-order valence-electron chi connectivity index (χ4n) is 2.67. The number of allylic oxidation sites excluding steroid dienone is 2. The molecule has 1 aliphatic rings. The number of ether oxygens (including phenoxy) is 1. The zero-order valence-corrected chi connectivity index (χ0v) is 15.8. The molecule has 3 N–H and O–H groups in total. The van der Waals surface area contributed by atoms with E-state index in [9.17, 15) is 24.3 Å². The minimum atomic E-state index is -1.18. The topological polar surface area (TPSA) is 130 Å². The van der Waals surface area contributed by atoms with E-state index in [2.05, 4.69) is 5.32 Å². The highest BCUT2D eigenvalue weighted by atomic mass is 32.2. The number of hydrogen-bond acceptors (Lipinski definition) is 7. The number of carbonyl (C=O) groups excluding carboxylic acids is 3. The lowest BCUT2D eigenvalue weighted by Crippen LogP contribution is -2.41. The van der Waals surface area contributed by atoms with Crippen molar-refractivity contribution in [1.82, 2.24) is 5.32 Å². The molecule has 8 nitrogen and oxygen atoms in total. The molecule has 1 atom stereocenters. The van der Waals surface area contributed by atoms with Gasteiger partial charge in [0.25, 0.3) is 0 Å². The highest BCUT2D eigenvalue weighted by Crippen LogP contribution is 2.39. The van der Waals surface area contributed by atoms with E-state index in [0.29, 0.717) is 0 Å². The number of ketones is 2. The number of aliphatic carboxylic acids is 1. The summed E-state index contributed by atoms with van der Waals surface area (Å²) in [5.41, 5.74) is 0.496. The first-order valence-corrected chi connectivity index (χ1v) is 9.10. The number of phenols is 1. The maximum Gasteiger partial charge on any atom is 0.327 e. The quantitative estimate of drug-likeness (QED) is 0.636. The van der Waals surface area contributed by atoms with Crippen LogP contribution in [0.15, 0.2) is 17.7 Å². The van der Waals surface area contributed by atoms with E-state index in [1.165, 1.54) is 33.1 Å². The number of fused-ring (bicyclic) bond motifs is 1. The monoisotopic (exact) mass is 393 g/mol. The smallest absolute Gasteiger partial charge is 0.327 e. The molecule has 0 saturated heterocycles. The predicted molar refractivity (Wildman–Crippen MR) is 98.5 cm³/mol. The summed E-state index contributed by atoms with van der Waals surface area (Å²) in [4.78, 5) is 46.8. The van der Waals surface area contributed by atoms with Crippen molar-refractivity contribution in [2.75, 3.05) is 12.9 Å².